The van der Waals surface area contributed by atoms with Crippen molar-refractivity contribution in [2.75, 3.05) is 25.1 Å². The summed E-state index contributed by atoms with van der Waals surface area (Å²) in [6.07, 6.45) is 3.93. The first kappa shape index (κ1) is 9.80. The smallest absolute Gasteiger partial charge is 0.0635 e. The van der Waals surface area contributed by atoms with E-state index in [1.807, 2.05) is 11.8 Å². The molecule has 0 saturated carbocycles. The Morgan fingerprint density at radius 2 is 2.30 bits per heavy atom. The molecule has 0 rings (SSSR count). The molecule has 2 nitrogen and oxygen atoms in total. The van der Waals surface area contributed by atoms with E-state index in [9.17, 15) is 0 Å². The van der Waals surface area contributed by atoms with E-state index in [0.29, 0.717) is 6.42 Å². The third-order valence-corrected chi connectivity index (χ3v) is 1.81. The lowest BCUT2D eigenvalue weighted by molar-refractivity contribution is 0.684. The second-order valence-corrected chi connectivity index (χ2v) is 2.99. The average molecular weight is 158 g/mol. The zero-order valence-electron chi connectivity index (χ0n) is 6.39. The van der Waals surface area contributed by atoms with Crippen LogP contribution in [0.5, 0.6) is 0 Å². The van der Waals surface area contributed by atoms with Crippen LogP contribution in [0.25, 0.3) is 0 Å². The van der Waals surface area contributed by atoms with Crippen molar-refractivity contribution in [3.63, 3.8) is 0 Å². The lowest BCUT2D eigenvalue weighted by atomic mass is 10.4. The molecule has 0 aromatic rings. The Kier molecular flexibility index (Phi) is 8.62. The van der Waals surface area contributed by atoms with Crippen LogP contribution in [-0.4, -0.2) is 25.1 Å². The van der Waals surface area contributed by atoms with Gasteiger partial charge in [-0.25, -0.2) is 0 Å². The fourth-order valence-corrected chi connectivity index (χ4v) is 1.04. The lowest BCUT2D eigenvalue weighted by Gasteiger charge is -1.98. The zero-order chi connectivity index (χ0) is 7.66. The van der Waals surface area contributed by atoms with Crippen molar-refractivity contribution in [2.45, 2.75) is 12.8 Å². The summed E-state index contributed by atoms with van der Waals surface area (Å²) in [6, 6.07) is 2.09. The summed E-state index contributed by atoms with van der Waals surface area (Å²) in [5.41, 5.74) is 0. The van der Waals surface area contributed by atoms with Crippen LogP contribution < -0.4 is 5.32 Å². The lowest BCUT2D eigenvalue weighted by Crippen LogP contribution is -2.16. The Morgan fingerprint density at radius 3 is 2.90 bits per heavy atom. The van der Waals surface area contributed by atoms with Crippen LogP contribution in [0.4, 0.5) is 0 Å². The summed E-state index contributed by atoms with van der Waals surface area (Å²) in [7, 11) is 0. The fraction of sp³-hybridized carbons (Fsp3) is 0.857. The van der Waals surface area contributed by atoms with Gasteiger partial charge in [0.05, 0.1) is 6.07 Å². The molecule has 0 fully saturated rings. The van der Waals surface area contributed by atoms with Gasteiger partial charge in [-0.15, -0.1) is 0 Å². The maximum atomic E-state index is 8.17. The first-order chi connectivity index (χ1) is 4.91. The molecule has 0 aromatic carbocycles. The summed E-state index contributed by atoms with van der Waals surface area (Å²) >= 11 is 1.86. The Morgan fingerprint density at radius 1 is 1.50 bits per heavy atom. The average Bonchev–Trinajstić information content (AvgIpc) is 1.97. The molecule has 10 heavy (non-hydrogen) atoms. The molecule has 1 N–H and O–H groups in total. The van der Waals surface area contributed by atoms with Gasteiger partial charge < -0.3 is 5.32 Å². The van der Waals surface area contributed by atoms with Crippen LogP contribution in [0, 0.1) is 11.3 Å². The van der Waals surface area contributed by atoms with Crippen molar-refractivity contribution >= 4 is 11.8 Å². The van der Waals surface area contributed by atoms with Crippen molar-refractivity contribution < 1.29 is 0 Å². The normalized spacial score (nSPS) is 9.20. The minimum Gasteiger partial charge on any atom is -0.316 e. The molecule has 0 amide bonds. The molecule has 0 aliphatic carbocycles. The second kappa shape index (κ2) is 8.80. The Balaban J connectivity index is 2.72. The van der Waals surface area contributed by atoms with Gasteiger partial charge in [0.15, 0.2) is 0 Å². The molecule has 0 bridgehead atoms. The number of hydrogen-bond donors (Lipinski definition) is 1. The predicted molar refractivity (Wildman–Crippen MR) is 46.1 cm³/mol. The summed E-state index contributed by atoms with van der Waals surface area (Å²) < 4.78 is 0. The number of nitriles is 1. The van der Waals surface area contributed by atoms with Crippen LogP contribution in [0.2, 0.25) is 0 Å². The molecule has 0 heterocycles. The molecule has 3 heteroatoms. The summed E-state index contributed by atoms with van der Waals surface area (Å²) in [6.45, 7) is 1.88. The van der Waals surface area contributed by atoms with E-state index in [4.69, 9.17) is 5.26 Å². The zero-order valence-corrected chi connectivity index (χ0v) is 7.21. The van der Waals surface area contributed by atoms with Crippen LogP contribution >= 0.6 is 11.8 Å². The topological polar surface area (TPSA) is 35.8 Å². The minimum atomic E-state index is 0.624. The van der Waals surface area contributed by atoms with Crippen molar-refractivity contribution in [1.29, 1.82) is 5.26 Å². The van der Waals surface area contributed by atoms with Gasteiger partial charge in [-0.1, -0.05) is 0 Å². The maximum absolute atomic E-state index is 8.17. The number of nitrogens with one attached hydrogen (secondary N) is 1. The highest BCUT2D eigenvalue weighted by Crippen LogP contribution is 1.92. The van der Waals surface area contributed by atoms with E-state index < -0.39 is 0 Å². The second-order valence-electron chi connectivity index (χ2n) is 2.00. The highest BCUT2D eigenvalue weighted by Gasteiger charge is 1.85. The van der Waals surface area contributed by atoms with Gasteiger partial charge in [0.2, 0.25) is 0 Å². The summed E-state index contributed by atoms with van der Waals surface area (Å²) in [5.74, 6) is 1.21. The van der Waals surface area contributed by atoms with E-state index >= 15 is 0 Å². The molecule has 0 spiro atoms. The monoisotopic (exact) mass is 158 g/mol. The third-order valence-electron chi connectivity index (χ3n) is 1.12. The molecular formula is C7H14N2S. The van der Waals surface area contributed by atoms with Gasteiger partial charge in [-0.05, 0) is 25.0 Å². The van der Waals surface area contributed by atoms with Crippen molar-refractivity contribution in [2.24, 2.45) is 0 Å². The molecule has 0 aliphatic rings. The van der Waals surface area contributed by atoms with E-state index in [-0.39, 0.29) is 0 Å². The maximum Gasteiger partial charge on any atom is 0.0635 e. The van der Waals surface area contributed by atoms with Gasteiger partial charge in [-0.2, -0.15) is 17.0 Å². The van der Waals surface area contributed by atoms with E-state index in [1.165, 1.54) is 12.2 Å². The van der Waals surface area contributed by atoms with Gasteiger partial charge in [0.1, 0.15) is 0 Å². The van der Waals surface area contributed by atoms with Crippen LogP contribution in [-0.2, 0) is 0 Å². The molecule has 0 unspecified atom stereocenters. The third kappa shape index (κ3) is 7.80. The number of hydrogen-bond acceptors (Lipinski definition) is 3. The van der Waals surface area contributed by atoms with E-state index in [0.717, 1.165) is 13.1 Å². The van der Waals surface area contributed by atoms with Crippen LogP contribution in [0.1, 0.15) is 12.8 Å². The number of thioether (sulfide) groups is 1. The van der Waals surface area contributed by atoms with Crippen molar-refractivity contribution in [3.8, 4) is 6.07 Å². The summed E-state index contributed by atoms with van der Waals surface area (Å²) in [5, 5.41) is 11.4. The van der Waals surface area contributed by atoms with Crippen LogP contribution in [0.3, 0.4) is 0 Å². The molecule has 0 atom stereocenters. The first-order valence-electron chi connectivity index (χ1n) is 3.48. The fourth-order valence-electron chi connectivity index (χ4n) is 0.611. The Labute approximate surface area is 67.0 Å². The van der Waals surface area contributed by atoms with Crippen molar-refractivity contribution in [1.82, 2.24) is 5.32 Å². The Bertz CT molecular complexity index is 98.3. The molecular weight excluding hydrogens is 144 g/mol. The summed E-state index contributed by atoms with van der Waals surface area (Å²) in [4.78, 5) is 0. The van der Waals surface area contributed by atoms with E-state index in [1.54, 1.807) is 0 Å². The van der Waals surface area contributed by atoms with Crippen LogP contribution in [0.15, 0.2) is 0 Å². The minimum absolute atomic E-state index is 0.624. The predicted octanol–water partition coefficient (Wildman–Crippen LogP) is 1.24. The Hall–Kier alpha value is -0.200. The van der Waals surface area contributed by atoms with Gasteiger partial charge in [0.25, 0.3) is 0 Å². The van der Waals surface area contributed by atoms with Gasteiger partial charge in [-0.3, -0.25) is 0 Å². The van der Waals surface area contributed by atoms with Crippen molar-refractivity contribution in [3.05, 3.63) is 0 Å². The SMILES string of the molecule is CSCCCNCCC#N. The van der Waals surface area contributed by atoms with Gasteiger partial charge in [0, 0.05) is 13.0 Å². The van der Waals surface area contributed by atoms with E-state index in [2.05, 4.69) is 17.6 Å². The first-order valence-corrected chi connectivity index (χ1v) is 4.88. The van der Waals surface area contributed by atoms with Gasteiger partial charge >= 0.3 is 0 Å². The molecule has 0 aliphatic heterocycles. The highest BCUT2D eigenvalue weighted by molar-refractivity contribution is 7.98. The molecule has 58 valence electrons. The molecule has 0 saturated heterocycles. The standard InChI is InChI=1S/C7H14N2S/c1-10-7-3-6-9-5-2-4-8/h9H,2-3,5-7H2,1H3. The highest BCUT2D eigenvalue weighted by atomic mass is 32.2. The number of rotatable bonds is 6. The quantitative estimate of drug-likeness (QED) is 0.591. The molecule has 0 radical (unpaired) electrons. The molecule has 0 aromatic heterocycles. The number of nitrogens with zero attached hydrogens (tertiary/aromatic N) is 1. The largest absolute Gasteiger partial charge is 0.316 e.